The molecule has 1 aromatic carbocycles. The van der Waals surface area contributed by atoms with Crippen LogP contribution in [0.15, 0.2) is 47.1 Å². The number of carbonyl (C=O) groups is 2. The van der Waals surface area contributed by atoms with E-state index in [0.717, 1.165) is 10.4 Å². The molecule has 0 spiro atoms. The number of halogens is 1. The highest BCUT2D eigenvalue weighted by molar-refractivity contribution is 8.00. The van der Waals surface area contributed by atoms with Gasteiger partial charge >= 0.3 is 5.97 Å². The predicted molar refractivity (Wildman–Crippen MR) is 117 cm³/mol. The molecule has 2 atom stereocenters. The number of benzene rings is 1. The fourth-order valence-electron chi connectivity index (χ4n) is 3.12. The molecular formula is C20H18ClN3O4S2. The Balaban J connectivity index is 1.57. The fourth-order valence-corrected chi connectivity index (χ4v) is 5.26. The van der Waals surface area contributed by atoms with Gasteiger partial charge in [-0.15, -0.1) is 23.1 Å². The average Bonchev–Trinajstić information content (AvgIpc) is 3.19. The van der Waals surface area contributed by atoms with Crippen LogP contribution in [0, 0.1) is 0 Å². The summed E-state index contributed by atoms with van der Waals surface area (Å²) in [7, 11) is 1.59. The van der Waals surface area contributed by atoms with E-state index in [1.807, 2.05) is 12.1 Å². The summed E-state index contributed by atoms with van der Waals surface area (Å²) in [4.78, 5) is 31.5. The van der Waals surface area contributed by atoms with Crippen LogP contribution in [0.5, 0.6) is 5.75 Å². The number of amides is 1. The van der Waals surface area contributed by atoms with Gasteiger partial charge in [-0.05, 0) is 29.3 Å². The van der Waals surface area contributed by atoms with E-state index in [0.29, 0.717) is 22.2 Å². The first kappa shape index (κ1) is 20.9. The SMILES string of the molecule is COc1ccc(COC(=O)C2=C(/C=C/c3scnc3Cl)CSC3C(N)C(=O)N23)cc1. The summed E-state index contributed by atoms with van der Waals surface area (Å²) in [5, 5.41) is 0.133. The summed E-state index contributed by atoms with van der Waals surface area (Å²) < 4.78 is 10.6. The molecule has 3 heterocycles. The number of methoxy groups -OCH3 is 1. The van der Waals surface area contributed by atoms with E-state index >= 15 is 0 Å². The first-order chi connectivity index (χ1) is 14.5. The summed E-state index contributed by atoms with van der Waals surface area (Å²) in [6.45, 7) is 0.0793. The van der Waals surface area contributed by atoms with Crippen LogP contribution in [0.1, 0.15) is 10.4 Å². The molecule has 0 bridgehead atoms. The van der Waals surface area contributed by atoms with Crippen molar-refractivity contribution in [3.05, 3.63) is 62.7 Å². The Kier molecular flexibility index (Phi) is 6.14. The summed E-state index contributed by atoms with van der Waals surface area (Å²) in [5.41, 5.74) is 9.28. The summed E-state index contributed by atoms with van der Waals surface area (Å²) >= 11 is 8.95. The van der Waals surface area contributed by atoms with Crippen molar-refractivity contribution in [1.29, 1.82) is 0 Å². The van der Waals surface area contributed by atoms with Crippen LogP contribution in [-0.2, 0) is 20.9 Å². The number of allylic oxidation sites excluding steroid dienone is 1. The fraction of sp³-hybridized carbons (Fsp3) is 0.250. The smallest absolute Gasteiger partial charge is 0.355 e. The number of hydrogen-bond donors (Lipinski definition) is 1. The second-order valence-corrected chi connectivity index (χ2v) is 8.92. The van der Waals surface area contributed by atoms with Crippen molar-refractivity contribution in [2.24, 2.45) is 5.73 Å². The van der Waals surface area contributed by atoms with E-state index in [2.05, 4.69) is 4.98 Å². The van der Waals surface area contributed by atoms with Crippen LogP contribution in [0.2, 0.25) is 5.15 Å². The number of carbonyl (C=O) groups excluding carboxylic acids is 2. The van der Waals surface area contributed by atoms with E-state index in [1.165, 1.54) is 28.0 Å². The highest BCUT2D eigenvalue weighted by atomic mass is 35.5. The zero-order valence-electron chi connectivity index (χ0n) is 15.9. The number of esters is 1. The first-order valence-corrected chi connectivity index (χ1v) is 11.3. The molecule has 2 aromatic rings. The van der Waals surface area contributed by atoms with Crippen molar-refractivity contribution < 1.29 is 19.1 Å². The molecule has 10 heteroatoms. The van der Waals surface area contributed by atoms with Gasteiger partial charge in [-0.3, -0.25) is 9.69 Å². The lowest BCUT2D eigenvalue weighted by molar-refractivity contribution is -0.151. The number of nitrogens with zero attached hydrogens (tertiary/aromatic N) is 2. The number of aromatic nitrogens is 1. The second-order valence-electron chi connectivity index (χ2n) is 6.57. The molecule has 2 unspecified atom stereocenters. The minimum Gasteiger partial charge on any atom is -0.497 e. The van der Waals surface area contributed by atoms with Crippen molar-refractivity contribution in [3.63, 3.8) is 0 Å². The van der Waals surface area contributed by atoms with Crippen LogP contribution >= 0.6 is 34.7 Å². The highest BCUT2D eigenvalue weighted by Gasteiger charge is 2.51. The van der Waals surface area contributed by atoms with E-state index in [1.54, 1.807) is 36.9 Å². The molecule has 4 rings (SSSR count). The first-order valence-electron chi connectivity index (χ1n) is 9.00. The zero-order valence-corrected chi connectivity index (χ0v) is 18.3. The third kappa shape index (κ3) is 3.98. The maximum Gasteiger partial charge on any atom is 0.355 e. The molecule has 156 valence electrons. The van der Waals surface area contributed by atoms with Crippen molar-refractivity contribution >= 4 is 52.7 Å². The van der Waals surface area contributed by atoms with Crippen molar-refractivity contribution in [3.8, 4) is 5.75 Å². The maximum absolute atomic E-state index is 13.0. The number of ether oxygens (including phenoxy) is 2. The molecule has 2 N–H and O–H groups in total. The van der Waals surface area contributed by atoms with Gasteiger partial charge in [0.1, 0.15) is 34.6 Å². The molecule has 1 amide bonds. The number of thioether (sulfide) groups is 1. The topological polar surface area (TPSA) is 94.7 Å². The van der Waals surface area contributed by atoms with Gasteiger partial charge in [0.15, 0.2) is 0 Å². The number of fused-ring (bicyclic) bond motifs is 1. The molecule has 0 radical (unpaired) electrons. The van der Waals surface area contributed by atoms with E-state index in [4.69, 9.17) is 26.8 Å². The monoisotopic (exact) mass is 463 g/mol. The largest absolute Gasteiger partial charge is 0.497 e. The number of β-lactam (4-membered cyclic amide) rings is 1. The van der Waals surface area contributed by atoms with Crippen LogP contribution in [0.4, 0.5) is 0 Å². The lowest BCUT2D eigenvalue weighted by Crippen LogP contribution is -2.68. The molecule has 30 heavy (non-hydrogen) atoms. The van der Waals surface area contributed by atoms with Crippen LogP contribution in [0.3, 0.4) is 0 Å². The molecule has 7 nitrogen and oxygen atoms in total. The van der Waals surface area contributed by atoms with Gasteiger partial charge in [0.05, 0.1) is 17.5 Å². The van der Waals surface area contributed by atoms with E-state index < -0.39 is 12.0 Å². The molecule has 2 aliphatic heterocycles. The molecular weight excluding hydrogens is 446 g/mol. The Hall–Kier alpha value is -2.33. The lowest BCUT2D eigenvalue weighted by Gasteiger charge is -2.48. The van der Waals surface area contributed by atoms with Crippen molar-refractivity contribution in [2.45, 2.75) is 18.0 Å². The van der Waals surface area contributed by atoms with Crippen LogP contribution < -0.4 is 10.5 Å². The summed E-state index contributed by atoms with van der Waals surface area (Å²) in [6.07, 6.45) is 3.57. The summed E-state index contributed by atoms with van der Waals surface area (Å²) in [6, 6.07) is 6.61. The molecule has 1 aromatic heterocycles. The van der Waals surface area contributed by atoms with Crippen LogP contribution in [0.25, 0.3) is 6.08 Å². The van der Waals surface area contributed by atoms with Gasteiger partial charge < -0.3 is 15.2 Å². The van der Waals surface area contributed by atoms with E-state index in [9.17, 15) is 9.59 Å². The maximum atomic E-state index is 13.0. The number of rotatable bonds is 6. The standard InChI is InChI=1S/C20H18ClN3O4S2/c1-27-13-5-2-11(3-6-13)8-28-20(26)16-12(4-7-14-17(21)23-10-30-14)9-29-19-15(22)18(25)24(16)19/h2-7,10,15,19H,8-9,22H2,1H3/b7-4+. The Morgan fingerprint density at radius 3 is 2.80 bits per heavy atom. The minimum atomic E-state index is -0.610. The lowest BCUT2D eigenvalue weighted by atomic mass is 10.0. The minimum absolute atomic E-state index is 0.0793. The zero-order chi connectivity index (χ0) is 21.3. The number of nitrogens with two attached hydrogens (primary N) is 1. The molecule has 0 saturated carbocycles. The molecule has 2 aliphatic rings. The van der Waals surface area contributed by atoms with Crippen molar-refractivity contribution in [2.75, 3.05) is 12.9 Å². The number of hydrogen-bond acceptors (Lipinski definition) is 8. The Bertz CT molecular complexity index is 1030. The third-order valence-electron chi connectivity index (χ3n) is 4.75. The Morgan fingerprint density at radius 1 is 1.37 bits per heavy atom. The molecule has 1 saturated heterocycles. The van der Waals surface area contributed by atoms with Gasteiger partial charge in [0, 0.05) is 5.75 Å². The molecule has 1 fully saturated rings. The van der Waals surface area contributed by atoms with Gasteiger partial charge in [-0.1, -0.05) is 29.8 Å². The third-order valence-corrected chi connectivity index (χ3v) is 7.28. The van der Waals surface area contributed by atoms with Gasteiger partial charge in [-0.2, -0.15) is 0 Å². The predicted octanol–water partition coefficient (Wildman–Crippen LogP) is 3.06. The van der Waals surface area contributed by atoms with E-state index in [-0.39, 0.29) is 23.6 Å². The summed E-state index contributed by atoms with van der Waals surface area (Å²) in [5.74, 6) is 0.396. The number of thiazole rings is 1. The normalized spacial score (nSPS) is 20.9. The van der Waals surface area contributed by atoms with Gasteiger partial charge in [0.2, 0.25) is 5.91 Å². The van der Waals surface area contributed by atoms with Crippen molar-refractivity contribution in [1.82, 2.24) is 9.88 Å². The average molecular weight is 464 g/mol. The highest BCUT2D eigenvalue weighted by Crippen LogP contribution is 2.40. The van der Waals surface area contributed by atoms with Crippen LogP contribution in [-0.4, -0.2) is 46.0 Å². The molecule has 0 aliphatic carbocycles. The Morgan fingerprint density at radius 2 is 2.13 bits per heavy atom. The van der Waals surface area contributed by atoms with Gasteiger partial charge in [-0.25, -0.2) is 9.78 Å². The van der Waals surface area contributed by atoms with Gasteiger partial charge in [0.25, 0.3) is 0 Å². The Labute approximate surface area is 186 Å². The quantitative estimate of drug-likeness (QED) is 0.519. The second kappa shape index (κ2) is 8.81.